The quantitative estimate of drug-likeness (QED) is 0.708. The normalized spacial score (nSPS) is 14.4. The molecular formula is C15H25NOS. The second-order valence-electron chi connectivity index (χ2n) is 4.82. The molecule has 0 saturated carbocycles. The summed E-state index contributed by atoms with van der Waals surface area (Å²) in [5.41, 5.74) is 1.27. The van der Waals surface area contributed by atoms with Crippen molar-refractivity contribution in [2.24, 2.45) is 0 Å². The topological polar surface area (TPSA) is 32.3 Å². The second kappa shape index (κ2) is 8.44. The van der Waals surface area contributed by atoms with Crippen molar-refractivity contribution in [3.8, 4) is 5.75 Å². The van der Waals surface area contributed by atoms with Crippen LogP contribution >= 0.6 is 11.8 Å². The standard InChI is InChI=1S/C15H25NOS/c1-4-18-10-9-12(2)16-13(3)11-14-5-7-15(17)8-6-14/h5-8,12-13,16-17H,4,9-11H2,1-3H3. The molecule has 0 fully saturated rings. The van der Waals surface area contributed by atoms with Gasteiger partial charge in [0.2, 0.25) is 0 Å². The van der Waals surface area contributed by atoms with Gasteiger partial charge in [-0.3, -0.25) is 0 Å². The maximum Gasteiger partial charge on any atom is 0.115 e. The first-order valence-corrected chi connectivity index (χ1v) is 7.89. The van der Waals surface area contributed by atoms with Crippen LogP contribution in [-0.4, -0.2) is 28.7 Å². The molecule has 2 nitrogen and oxygen atoms in total. The van der Waals surface area contributed by atoms with Crippen molar-refractivity contribution in [1.29, 1.82) is 0 Å². The van der Waals surface area contributed by atoms with E-state index in [1.54, 1.807) is 12.1 Å². The number of phenolic OH excluding ortho intramolecular Hbond substituents is 1. The Labute approximate surface area is 115 Å². The summed E-state index contributed by atoms with van der Waals surface area (Å²) in [6.07, 6.45) is 2.23. The summed E-state index contributed by atoms with van der Waals surface area (Å²) in [6.45, 7) is 6.68. The van der Waals surface area contributed by atoms with E-state index in [0.29, 0.717) is 17.8 Å². The highest BCUT2D eigenvalue weighted by molar-refractivity contribution is 7.99. The Hall–Kier alpha value is -0.670. The van der Waals surface area contributed by atoms with Gasteiger partial charge in [0, 0.05) is 12.1 Å². The van der Waals surface area contributed by atoms with E-state index < -0.39 is 0 Å². The number of hydrogen-bond donors (Lipinski definition) is 2. The van der Waals surface area contributed by atoms with Gasteiger partial charge in [-0.15, -0.1) is 0 Å². The third-order valence-corrected chi connectivity index (χ3v) is 3.88. The molecule has 0 amide bonds. The lowest BCUT2D eigenvalue weighted by molar-refractivity contribution is 0.456. The number of benzene rings is 1. The number of thioether (sulfide) groups is 1. The maximum absolute atomic E-state index is 9.24. The number of hydrogen-bond acceptors (Lipinski definition) is 3. The van der Waals surface area contributed by atoms with Crippen LogP contribution in [-0.2, 0) is 6.42 Å². The van der Waals surface area contributed by atoms with E-state index in [1.807, 2.05) is 23.9 Å². The first-order chi connectivity index (χ1) is 8.61. The highest BCUT2D eigenvalue weighted by Gasteiger charge is 2.08. The van der Waals surface area contributed by atoms with Crippen LogP contribution in [0.2, 0.25) is 0 Å². The third-order valence-electron chi connectivity index (χ3n) is 2.95. The summed E-state index contributed by atoms with van der Waals surface area (Å²) < 4.78 is 0. The van der Waals surface area contributed by atoms with E-state index >= 15 is 0 Å². The average Bonchev–Trinajstić information content (AvgIpc) is 2.32. The Balaban J connectivity index is 2.27. The van der Waals surface area contributed by atoms with Gasteiger partial charge in [-0.2, -0.15) is 11.8 Å². The molecule has 2 N–H and O–H groups in total. The number of rotatable bonds is 8. The zero-order valence-corrected chi connectivity index (χ0v) is 12.5. The summed E-state index contributed by atoms with van der Waals surface area (Å²) in [5.74, 6) is 2.77. The zero-order chi connectivity index (χ0) is 13.4. The summed E-state index contributed by atoms with van der Waals surface area (Å²) in [4.78, 5) is 0. The molecule has 3 heteroatoms. The fourth-order valence-corrected chi connectivity index (χ4v) is 2.83. The zero-order valence-electron chi connectivity index (χ0n) is 11.6. The van der Waals surface area contributed by atoms with Crippen LogP contribution in [0.4, 0.5) is 0 Å². The van der Waals surface area contributed by atoms with Crippen LogP contribution in [0.5, 0.6) is 5.75 Å². The molecule has 0 saturated heterocycles. The molecular weight excluding hydrogens is 242 g/mol. The SMILES string of the molecule is CCSCCC(C)NC(C)Cc1ccc(O)cc1. The van der Waals surface area contributed by atoms with Gasteiger partial charge in [0.15, 0.2) is 0 Å². The Morgan fingerprint density at radius 2 is 1.83 bits per heavy atom. The van der Waals surface area contributed by atoms with Crippen molar-refractivity contribution in [2.45, 2.75) is 45.7 Å². The van der Waals surface area contributed by atoms with Crippen molar-refractivity contribution in [3.63, 3.8) is 0 Å². The predicted molar refractivity (Wildman–Crippen MR) is 81.5 cm³/mol. The molecule has 0 radical (unpaired) electrons. The maximum atomic E-state index is 9.24. The van der Waals surface area contributed by atoms with E-state index in [0.717, 1.165) is 6.42 Å². The highest BCUT2D eigenvalue weighted by atomic mass is 32.2. The van der Waals surface area contributed by atoms with Crippen LogP contribution in [0.3, 0.4) is 0 Å². The fraction of sp³-hybridized carbons (Fsp3) is 0.600. The van der Waals surface area contributed by atoms with Gasteiger partial charge >= 0.3 is 0 Å². The Morgan fingerprint density at radius 1 is 1.17 bits per heavy atom. The Kier molecular flexibility index (Phi) is 7.21. The minimum Gasteiger partial charge on any atom is -0.508 e. The van der Waals surface area contributed by atoms with Crippen molar-refractivity contribution >= 4 is 11.8 Å². The van der Waals surface area contributed by atoms with E-state index in [9.17, 15) is 5.11 Å². The lowest BCUT2D eigenvalue weighted by Crippen LogP contribution is -2.36. The average molecular weight is 267 g/mol. The lowest BCUT2D eigenvalue weighted by atomic mass is 10.1. The fourth-order valence-electron chi connectivity index (χ4n) is 2.02. The summed E-state index contributed by atoms with van der Waals surface area (Å²) in [5, 5.41) is 12.9. The third kappa shape index (κ3) is 6.31. The molecule has 18 heavy (non-hydrogen) atoms. The van der Waals surface area contributed by atoms with Crippen LogP contribution in [0.1, 0.15) is 32.8 Å². The highest BCUT2D eigenvalue weighted by Crippen LogP contribution is 2.12. The molecule has 0 aliphatic heterocycles. The molecule has 2 unspecified atom stereocenters. The summed E-state index contributed by atoms with van der Waals surface area (Å²) >= 11 is 2.00. The van der Waals surface area contributed by atoms with Crippen molar-refractivity contribution in [1.82, 2.24) is 5.32 Å². The molecule has 0 aliphatic rings. The second-order valence-corrected chi connectivity index (χ2v) is 6.22. The minimum atomic E-state index is 0.337. The van der Waals surface area contributed by atoms with E-state index in [-0.39, 0.29) is 0 Å². The van der Waals surface area contributed by atoms with Gasteiger partial charge in [-0.05, 0) is 55.9 Å². The summed E-state index contributed by atoms with van der Waals surface area (Å²) in [6, 6.07) is 8.52. The first kappa shape index (κ1) is 15.4. The molecule has 1 rings (SSSR count). The molecule has 0 aromatic heterocycles. The lowest BCUT2D eigenvalue weighted by Gasteiger charge is -2.20. The largest absolute Gasteiger partial charge is 0.508 e. The molecule has 2 atom stereocenters. The Bertz CT molecular complexity index is 326. The van der Waals surface area contributed by atoms with Crippen molar-refractivity contribution < 1.29 is 5.11 Å². The van der Waals surface area contributed by atoms with Gasteiger partial charge in [0.1, 0.15) is 5.75 Å². The molecule has 1 aromatic rings. The Morgan fingerprint density at radius 3 is 2.44 bits per heavy atom. The van der Waals surface area contributed by atoms with Gasteiger partial charge in [0.25, 0.3) is 0 Å². The molecule has 102 valence electrons. The molecule has 0 spiro atoms. The molecule has 0 heterocycles. The minimum absolute atomic E-state index is 0.337. The number of aromatic hydroxyl groups is 1. The monoisotopic (exact) mass is 267 g/mol. The van der Waals surface area contributed by atoms with Crippen molar-refractivity contribution in [2.75, 3.05) is 11.5 Å². The van der Waals surface area contributed by atoms with Gasteiger partial charge in [-0.25, -0.2) is 0 Å². The van der Waals surface area contributed by atoms with Gasteiger partial charge in [0.05, 0.1) is 0 Å². The predicted octanol–water partition coefficient (Wildman–Crippen LogP) is 3.44. The van der Waals surface area contributed by atoms with E-state index in [4.69, 9.17) is 0 Å². The van der Waals surface area contributed by atoms with E-state index in [2.05, 4.69) is 26.1 Å². The van der Waals surface area contributed by atoms with E-state index in [1.165, 1.54) is 23.5 Å². The van der Waals surface area contributed by atoms with Crippen LogP contribution in [0, 0.1) is 0 Å². The van der Waals surface area contributed by atoms with Crippen LogP contribution < -0.4 is 5.32 Å². The number of nitrogens with one attached hydrogen (secondary N) is 1. The summed E-state index contributed by atoms with van der Waals surface area (Å²) in [7, 11) is 0. The van der Waals surface area contributed by atoms with Crippen molar-refractivity contribution in [3.05, 3.63) is 29.8 Å². The first-order valence-electron chi connectivity index (χ1n) is 6.73. The molecule has 0 bridgehead atoms. The van der Waals surface area contributed by atoms with Crippen LogP contribution in [0.25, 0.3) is 0 Å². The van der Waals surface area contributed by atoms with Gasteiger partial charge < -0.3 is 10.4 Å². The van der Waals surface area contributed by atoms with Gasteiger partial charge in [-0.1, -0.05) is 19.1 Å². The van der Waals surface area contributed by atoms with Crippen LogP contribution in [0.15, 0.2) is 24.3 Å². The molecule has 0 aliphatic carbocycles. The molecule has 1 aromatic carbocycles. The smallest absolute Gasteiger partial charge is 0.115 e. The number of phenols is 1.